The number of nitrogens with one attached hydrogen (secondary N) is 1. The molecule has 2 aliphatic heterocycles. The minimum Gasteiger partial charge on any atom is -0.382 e. The molecule has 6 heteroatoms. The number of rotatable bonds is 9. The summed E-state index contributed by atoms with van der Waals surface area (Å²) in [5.74, 6) is 0.909. The zero-order valence-electron chi connectivity index (χ0n) is 24.3. The number of piperidine rings is 1. The molecule has 2 heterocycles. The predicted molar refractivity (Wildman–Crippen MR) is 159 cm³/mol. The van der Waals surface area contributed by atoms with Crippen LogP contribution in [0.3, 0.4) is 0 Å². The van der Waals surface area contributed by atoms with Gasteiger partial charge in [0, 0.05) is 51.5 Å². The van der Waals surface area contributed by atoms with Crippen LogP contribution in [0, 0.1) is 5.92 Å². The van der Waals surface area contributed by atoms with E-state index in [2.05, 4.69) is 65.5 Å². The molecule has 2 aromatic rings. The van der Waals surface area contributed by atoms with Crippen LogP contribution in [0.25, 0.3) is 11.1 Å². The summed E-state index contributed by atoms with van der Waals surface area (Å²) >= 11 is 0. The summed E-state index contributed by atoms with van der Waals surface area (Å²) in [6.07, 6.45) is 4.59. The van der Waals surface area contributed by atoms with Gasteiger partial charge in [0.25, 0.3) is 5.91 Å². The summed E-state index contributed by atoms with van der Waals surface area (Å²) in [4.78, 5) is 19.7. The lowest BCUT2D eigenvalue weighted by Crippen LogP contribution is -2.37. The predicted octanol–water partition coefficient (Wildman–Crippen LogP) is 5.00. The third-order valence-corrected chi connectivity index (χ3v) is 7.63. The highest BCUT2D eigenvalue weighted by Crippen LogP contribution is 2.23. The fourth-order valence-electron chi connectivity index (χ4n) is 5.01. The highest BCUT2D eigenvalue weighted by Gasteiger charge is 2.21. The van der Waals surface area contributed by atoms with Crippen LogP contribution in [-0.2, 0) is 11.3 Å². The van der Waals surface area contributed by atoms with E-state index >= 15 is 0 Å². The van der Waals surface area contributed by atoms with Gasteiger partial charge in [0.1, 0.15) is 0 Å². The Morgan fingerprint density at radius 1 is 0.921 bits per heavy atom. The summed E-state index contributed by atoms with van der Waals surface area (Å²) in [7, 11) is 4.16. The lowest BCUT2D eigenvalue weighted by molar-refractivity contribution is 0.0697. The van der Waals surface area contributed by atoms with Gasteiger partial charge < -0.3 is 19.9 Å². The molecule has 0 aliphatic carbocycles. The molecule has 0 spiro atoms. The number of hydrogen-bond donors (Lipinski definition) is 1. The van der Waals surface area contributed by atoms with Crippen molar-refractivity contribution < 1.29 is 9.53 Å². The van der Waals surface area contributed by atoms with Crippen LogP contribution in [0.15, 0.2) is 48.5 Å². The maximum Gasteiger partial charge on any atom is 0.253 e. The van der Waals surface area contributed by atoms with Crippen molar-refractivity contribution in [2.45, 2.75) is 46.1 Å². The molecule has 0 unspecified atom stereocenters. The summed E-state index contributed by atoms with van der Waals surface area (Å²) < 4.78 is 5.10. The molecule has 2 fully saturated rings. The first kappa shape index (κ1) is 30.3. The van der Waals surface area contributed by atoms with Crippen LogP contribution < -0.4 is 5.32 Å². The Kier molecular flexibility index (Phi) is 13.3. The van der Waals surface area contributed by atoms with E-state index in [1.807, 2.05) is 31.0 Å². The number of hydrogen-bond acceptors (Lipinski definition) is 5. The van der Waals surface area contributed by atoms with Gasteiger partial charge in [-0.2, -0.15) is 0 Å². The minimum absolute atomic E-state index is 0.173. The maximum absolute atomic E-state index is 12.8. The molecule has 0 radical (unpaired) electrons. The zero-order valence-corrected chi connectivity index (χ0v) is 24.3. The number of likely N-dealkylation sites (N-methyl/N-ethyl adjacent to an activating group) is 1. The smallest absolute Gasteiger partial charge is 0.253 e. The monoisotopic (exact) mass is 522 g/mol. The number of benzene rings is 2. The highest BCUT2D eigenvalue weighted by molar-refractivity contribution is 5.94. The lowest BCUT2D eigenvalue weighted by Gasteiger charge is -2.30. The van der Waals surface area contributed by atoms with E-state index in [9.17, 15) is 4.79 Å². The Morgan fingerprint density at radius 3 is 2.21 bits per heavy atom. The maximum atomic E-state index is 12.8. The van der Waals surface area contributed by atoms with Gasteiger partial charge in [-0.3, -0.25) is 9.69 Å². The molecule has 0 saturated carbocycles. The second-order valence-corrected chi connectivity index (χ2v) is 10.8. The van der Waals surface area contributed by atoms with Crippen LogP contribution in [-0.4, -0.2) is 93.7 Å². The Hall–Kier alpha value is -2.25. The number of amides is 1. The molecule has 1 amide bonds. The normalized spacial score (nSPS) is 17.5. The average molecular weight is 523 g/mol. The van der Waals surface area contributed by atoms with Gasteiger partial charge >= 0.3 is 0 Å². The molecule has 0 atom stereocenters. The van der Waals surface area contributed by atoms with Gasteiger partial charge in [0.15, 0.2) is 0 Å². The fraction of sp³-hybridized carbons (Fsp3) is 0.594. The van der Waals surface area contributed by atoms with Crippen molar-refractivity contribution in [3.05, 3.63) is 59.7 Å². The van der Waals surface area contributed by atoms with Crippen LogP contribution >= 0.6 is 0 Å². The molecule has 4 rings (SSSR count). The Morgan fingerprint density at radius 2 is 1.58 bits per heavy atom. The summed E-state index contributed by atoms with van der Waals surface area (Å²) in [6.45, 7) is 14.5. The van der Waals surface area contributed by atoms with Gasteiger partial charge in [-0.05, 0) is 101 Å². The van der Waals surface area contributed by atoms with Gasteiger partial charge in [-0.1, -0.05) is 43.3 Å². The van der Waals surface area contributed by atoms with E-state index in [-0.39, 0.29) is 5.91 Å². The second-order valence-electron chi connectivity index (χ2n) is 10.8. The number of carbonyl (C=O) groups is 1. The van der Waals surface area contributed by atoms with Crippen LogP contribution in [0.4, 0.5) is 0 Å². The molecular weight excluding hydrogens is 472 g/mol. The first-order valence-electron chi connectivity index (χ1n) is 14.6. The van der Waals surface area contributed by atoms with Crippen LogP contribution in [0.1, 0.15) is 55.5 Å². The van der Waals surface area contributed by atoms with E-state index in [0.29, 0.717) is 0 Å². The SMILES string of the molecule is CC1CCN(C(=O)c2ccc(-c3ccc(CN4CCCN(C)CC4)cc3)cc2)CC1.CCOCCCNC. The number of carbonyl (C=O) groups excluding carboxylic acids is 1. The van der Waals surface area contributed by atoms with E-state index < -0.39 is 0 Å². The van der Waals surface area contributed by atoms with Crippen LogP contribution in [0.5, 0.6) is 0 Å². The van der Waals surface area contributed by atoms with Gasteiger partial charge in [0.05, 0.1) is 0 Å². The fourth-order valence-corrected chi connectivity index (χ4v) is 5.01. The second kappa shape index (κ2) is 16.7. The quantitative estimate of drug-likeness (QED) is 0.470. The molecular formula is C32H50N4O2. The van der Waals surface area contributed by atoms with Crippen molar-refractivity contribution in [1.82, 2.24) is 20.0 Å². The van der Waals surface area contributed by atoms with E-state index in [0.717, 1.165) is 83.2 Å². The molecule has 0 bridgehead atoms. The molecule has 2 aliphatic rings. The third kappa shape index (κ3) is 10.1. The summed E-state index contributed by atoms with van der Waals surface area (Å²) in [5.41, 5.74) is 4.55. The van der Waals surface area contributed by atoms with Crippen molar-refractivity contribution in [2.24, 2.45) is 5.92 Å². The molecule has 38 heavy (non-hydrogen) atoms. The summed E-state index contributed by atoms with van der Waals surface area (Å²) in [5, 5.41) is 3.05. The van der Waals surface area contributed by atoms with Crippen molar-refractivity contribution in [3.8, 4) is 11.1 Å². The first-order valence-corrected chi connectivity index (χ1v) is 14.6. The summed E-state index contributed by atoms with van der Waals surface area (Å²) in [6, 6.07) is 17.0. The molecule has 1 N–H and O–H groups in total. The Bertz CT molecular complexity index is 917. The highest BCUT2D eigenvalue weighted by atomic mass is 16.5. The van der Waals surface area contributed by atoms with E-state index in [1.54, 1.807) is 0 Å². The average Bonchev–Trinajstić information content (AvgIpc) is 3.16. The number of nitrogens with zero attached hydrogens (tertiary/aromatic N) is 3. The lowest BCUT2D eigenvalue weighted by atomic mass is 9.98. The largest absolute Gasteiger partial charge is 0.382 e. The van der Waals surface area contributed by atoms with Crippen molar-refractivity contribution >= 4 is 5.91 Å². The molecule has 2 aromatic carbocycles. The Balaban J connectivity index is 0.000000436. The Labute approximate surface area is 231 Å². The number of likely N-dealkylation sites (tertiary alicyclic amines) is 1. The van der Waals surface area contributed by atoms with Crippen LogP contribution in [0.2, 0.25) is 0 Å². The van der Waals surface area contributed by atoms with E-state index in [4.69, 9.17) is 4.74 Å². The van der Waals surface area contributed by atoms with Crippen molar-refractivity contribution in [1.29, 1.82) is 0 Å². The molecule has 210 valence electrons. The molecule has 2 saturated heterocycles. The van der Waals surface area contributed by atoms with Crippen molar-refractivity contribution in [3.63, 3.8) is 0 Å². The van der Waals surface area contributed by atoms with Crippen molar-refractivity contribution in [2.75, 3.05) is 73.1 Å². The van der Waals surface area contributed by atoms with Gasteiger partial charge in [-0.15, -0.1) is 0 Å². The van der Waals surface area contributed by atoms with Gasteiger partial charge in [0.2, 0.25) is 0 Å². The van der Waals surface area contributed by atoms with E-state index in [1.165, 1.54) is 36.2 Å². The minimum atomic E-state index is 0.173. The standard InChI is InChI=1S/C26H35N3O.C6H15NO/c1-21-12-16-29(17-13-21)26(30)25-10-8-24(9-11-25)23-6-4-22(5-7-23)20-28-15-3-14-27(2)18-19-28;1-3-8-6-4-5-7-2/h4-11,21H,3,12-20H2,1-2H3;7H,3-6H2,1-2H3. The third-order valence-electron chi connectivity index (χ3n) is 7.63. The first-order chi connectivity index (χ1) is 18.5. The molecule has 0 aromatic heterocycles. The topological polar surface area (TPSA) is 48.1 Å². The van der Waals surface area contributed by atoms with Gasteiger partial charge in [-0.25, -0.2) is 0 Å². The molecule has 6 nitrogen and oxygen atoms in total. The number of ether oxygens (including phenoxy) is 1. The zero-order chi connectivity index (χ0) is 27.2.